The molecule has 0 aromatic carbocycles. The summed E-state index contributed by atoms with van der Waals surface area (Å²) in [5.41, 5.74) is 0.708. The van der Waals surface area contributed by atoms with E-state index in [1.807, 2.05) is 6.92 Å². The topological polar surface area (TPSA) is 146 Å². The third-order valence-corrected chi connectivity index (χ3v) is 7.09. The van der Waals surface area contributed by atoms with E-state index in [2.05, 4.69) is 0 Å². The molecule has 2 aliphatic heterocycles. The third kappa shape index (κ3) is 10.6. The minimum atomic E-state index is -1.06. The molecule has 0 aromatic heterocycles. The standard InChI is InChI=1S/C26H44O9/c1-16(13-23(30)33-11-9-7-5-4-6-8-10-22(28)29)12-20-25(32)24(31)19(15-34-20)14-21-26(35-21)17(2)18(3)27/h13,17-21,24-27,31-32H,4-12,14-15H2,1-3H3,(H,28,29)/b16-13+/t17-,18-,19-,20-,21-,24+,25-,26?/m0/s1. The quantitative estimate of drug-likeness (QED) is 0.109. The summed E-state index contributed by atoms with van der Waals surface area (Å²) in [6.45, 7) is 6.07. The van der Waals surface area contributed by atoms with Gasteiger partial charge in [0.25, 0.3) is 0 Å². The van der Waals surface area contributed by atoms with Gasteiger partial charge in [0.15, 0.2) is 0 Å². The average molecular weight is 501 g/mol. The smallest absolute Gasteiger partial charge is 0.330 e. The molecule has 2 rings (SSSR count). The van der Waals surface area contributed by atoms with Crippen molar-refractivity contribution in [2.24, 2.45) is 11.8 Å². The molecule has 2 heterocycles. The van der Waals surface area contributed by atoms with E-state index < -0.39 is 36.4 Å². The Morgan fingerprint density at radius 3 is 2.34 bits per heavy atom. The van der Waals surface area contributed by atoms with E-state index in [-0.39, 0.29) is 30.5 Å². The number of hydrogen-bond acceptors (Lipinski definition) is 8. The number of ether oxygens (including phenoxy) is 3. The fourth-order valence-corrected chi connectivity index (χ4v) is 4.59. The molecule has 202 valence electrons. The SMILES string of the molecule is C/C(=C\C(=O)OCCCCCCCCC(=O)O)C[C@@H]1OC[C@H](C[C@@H]2OC2[C@@H](C)[C@H](C)O)[C@@H](O)[C@H]1O. The van der Waals surface area contributed by atoms with E-state index in [9.17, 15) is 24.9 Å². The maximum atomic E-state index is 12.1. The van der Waals surface area contributed by atoms with E-state index in [0.717, 1.165) is 32.1 Å². The molecule has 0 spiro atoms. The van der Waals surface area contributed by atoms with Crippen LogP contribution >= 0.6 is 0 Å². The number of carbonyl (C=O) groups excluding carboxylic acids is 1. The molecule has 0 saturated carbocycles. The molecular weight excluding hydrogens is 456 g/mol. The Morgan fingerprint density at radius 1 is 1.03 bits per heavy atom. The first kappa shape index (κ1) is 29.7. The fraction of sp³-hybridized carbons (Fsp3) is 0.846. The van der Waals surface area contributed by atoms with Gasteiger partial charge < -0.3 is 34.6 Å². The Bertz CT molecular complexity index is 692. The third-order valence-electron chi connectivity index (χ3n) is 7.09. The van der Waals surface area contributed by atoms with E-state index in [0.29, 0.717) is 38.0 Å². The van der Waals surface area contributed by atoms with Crippen molar-refractivity contribution in [2.45, 2.75) is 115 Å². The fourth-order valence-electron chi connectivity index (χ4n) is 4.59. The predicted molar refractivity (Wildman–Crippen MR) is 129 cm³/mol. The van der Waals surface area contributed by atoms with Gasteiger partial charge >= 0.3 is 11.9 Å². The minimum Gasteiger partial charge on any atom is -0.481 e. The second-order valence-electron chi connectivity index (χ2n) is 10.2. The number of aliphatic hydroxyl groups is 3. The van der Waals surface area contributed by atoms with Crippen LogP contribution in [0.3, 0.4) is 0 Å². The van der Waals surface area contributed by atoms with E-state index in [1.165, 1.54) is 6.08 Å². The number of epoxide rings is 1. The molecule has 0 radical (unpaired) electrons. The lowest BCUT2D eigenvalue weighted by molar-refractivity contribution is -0.165. The van der Waals surface area contributed by atoms with Crippen LogP contribution in [0, 0.1) is 11.8 Å². The van der Waals surface area contributed by atoms with E-state index in [4.69, 9.17) is 19.3 Å². The summed E-state index contributed by atoms with van der Waals surface area (Å²) in [7, 11) is 0. The van der Waals surface area contributed by atoms with Gasteiger partial charge in [-0.1, -0.05) is 38.2 Å². The van der Waals surface area contributed by atoms with Gasteiger partial charge in [-0.25, -0.2) is 4.79 Å². The number of hydrogen-bond donors (Lipinski definition) is 4. The highest BCUT2D eigenvalue weighted by molar-refractivity contribution is 5.82. The summed E-state index contributed by atoms with van der Waals surface area (Å²) in [4.78, 5) is 22.5. The van der Waals surface area contributed by atoms with Gasteiger partial charge in [-0.05, 0) is 39.5 Å². The van der Waals surface area contributed by atoms with Gasteiger partial charge in [0, 0.05) is 24.3 Å². The molecule has 8 atom stereocenters. The van der Waals surface area contributed by atoms with Crippen molar-refractivity contribution >= 4 is 11.9 Å². The van der Waals surface area contributed by atoms with Crippen LogP contribution in [0.5, 0.6) is 0 Å². The second-order valence-corrected chi connectivity index (χ2v) is 10.2. The Morgan fingerprint density at radius 2 is 1.69 bits per heavy atom. The average Bonchev–Trinajstić information content (AvgIpc) is 3.55. The minimum absolute atomic E-state index is 0.0160. The lowest BCUT2D eigenvalue weighted by Gasteiger charge is -2.38. The number of aliphatic hydroxyl groups excluding tert-OH is 3. The highest BCUT2D eigenvalue weighted by Crippen LogP contribution is 2.38. The van der Waals surface area contributed by atoms with Crippen LogP contribution in [0.4, 0.5) is 0 Å². The molecule has 2 aliphatic rings. The number of esters is 1. The van der Waals surface area contributed by atoms with Crippen molar-refractivity contribution in [2.75, 3.05) is 13.2 Å². The normalized spacial score (nSPS) is 30.5. The van der Waals surface area contributed by atoms with Gasteiger partial charge in [-0.15, -0.1) is 0 Å². The first-order chi connectivity index (χ1) is 16.6. The van der Waals surface area contributed by atoms with Crippen LogP contribution in [0.25, 0.3) is 0 Å². The molecule has 4 N–H and O–H groups in total. The van der Waals surface area contributed by atoms with Crippen LogP contribution in [0.15, 0.2) is 11.6 Å². The van der Waals surface area contributed by atoms with Crippen molar-refractivity contribution < 1.29 is 44.2 Å². The maximum absolute atomic E-state index is 12.1. The van der Waals surface area contributed by atoms with Crippen LogP contribution in [-0.4, -0.2) is 82.2 Å². The number of carboxylic acid groups (broad SMARTS) is 1. The Hall–Kier alpha value is -1.52. The summed E-state index contributed by atoms with van der Waals surface area (Å²) in [6.07, 6.45) is 4.61. The summed E-state index contributed by atoms with van der Waals surface area (Å²) in [5.74, 6) is -1.42. The molecule has 0 bridgehead atoms. The number of carbonyl (C=O) groups is 2. The second kappa shape index (κ2) is 14.9. The Balaban J connectivity index is 1.62. The molecule has 0 aromatic rings. The van der Waals surface area contributed by atoms with Crippen molar-refractivity contribution in [3.63, 3.8) is 0 Å². The number of unbranched alkanes of at least 4 members (excludes halogenated alkanes) is 5. The Kier molecular flexibility index (Phi) is 12.6. The Labute approximate surface area is 208 Å². The molecule has 35 heavy (non-hydrogen) atoms. The van der Waals surface area contributed by atoms with E-state index >= 15 is 0 Å². The molecule has 9 heteroatoms. The monoisotopic (exact) mass is 500 g/mol. The zero-order chi connectivity index (χ0) is 26.0. The number of carboxylic acids is 1. The van der Waals surface area contributed by atoms with Gasteiger partial charge in [0.2, 0.25) is 0 Å². The van der Waals surface area contributed by atoms with Crippen molar-refractivity contribution in [3.8, 4) is 0 Å². The summed E-state index contributed by atoms with van der Waals surface area (Å²) in [6, 6.07) is 0. The first-order valence-corrected chi connectivity index (χ1v) is 13.0. The molecule has 9 nitrogen and oxygen atoms in total. The van der Waals surface area contributed by atoms with Gasteiger partial charge in [-0.3, -0.25) is 4.79 Å². The molecule has 1 unspecified atom stereocenters. The van der Waals surface area contributed by atoms with Gasteiger partial charge in [0.1, 0.15) is 6.10 Å². The van der Waals surface area contributed by atoms with Crippen LogP contribution < -0.4 is 0 Å². The van der Waals surface area contributed by atoms with Crippen LogP contribution in [0.2, 0.25) is 0 Å². The van der Waals surface area contributed by atoms with Crippen LogP contribution in [0.1, 0.15) is 78.6 Å². The van der Waals surface area contributed by atoms with Crippen LogP contribution in [-0.2, 0) is 23.8 Å². The van der Waals surface area contributed by atoms with Gasteiger partial charge in [-0.2, -0.15) is 0 Å². The molecule has 0 aliphatic carbocycles. The zero-order valence-corrected chi connectivity index (χ0v) is 21.3. The molecule has 2 saturated heterocycles. The lowest BCUT2D eigenvalue weighted by atomic mass is 9.85. The highest BCUT2D eigenvalue weighted by Gasteiger charge is 2.48. The summed E-state index contributed by atoms with van der Waals surface area (Å²) in [5, 5.41) is 39.5. The summed E-state index contributed by atoms with van der Waals surface area (Å²) >= 11 is 0. The number of aliphatic carboxylic acids is 1. The van der Waals surface area contributed by atoms with Crippen molar-refractivity contribution in [3.05, 3.63) is 11.6 Å². The van der Waals surface area contributed by atoms with Crippen molar-refractivity contribution in [1.82, 2.24) is 0 Å². The molecular formula is C26H44O9. The summed E-state index contributed by atoms with van der Waals surface area (Å²) < 4.78 is 16.7. The highest BCUT2D eigenvalue weighted by atomic mass is 16.6. The molecule has 0 amide bonds. The largest absolute Gasteiger partial charge is 0.481 e. The molecule has 2 fully saturated rings. The zero-order valence-electron chi connectivity index (χ0n) is 21.3. The predicted octanol–water partition coefficient (Wildman–Crippen LogP) is 2.59. The number of rotatable bonds is 16. The maximum Gasteiger partial charge on any atom is 0.330 e. The van der Waals surface area contributed by atoms with Gasteiger partial charge in [0.05, 0.1) is 43.7 Å². The van der Waals surface area contributed by atoms with Crippen molar-refractivity contribution in [1.29, 1.82) is 0 Å². The first-order valence-electron chi connectivity index (χ1n) is 13.0. The lowest BCUT2D eigenvalue weighted by Crippen LogP contribution is -2.50. The van der Waals surface area contributed by atoms with E-state index in [1.54, 1.807) is 13.8 Å².